The summed E-state index contributed by atoms with van der Waals surface area (Å²) in [5, 5.41) is 0. The van der Waals surface area contributed by atoms with Crippen molar-refractivity contribution in [3.8, 4) is 5.75 Å². The first-order valence-corrected chi connectivity index (χ1v) is 9.51. The number of hydrogen-bond acceptors (Lipinski definition) is 5. The van der Waals surface area contributed by atoms with Crippen LogP contribution < -0.4 is 10.6 Å². The number of methoxy groups -OCH3 is 1. The number of hydrogen-bond donors (Lipinski definition) is 1. The van der Waals surface area contributed by atoms with Crippen molar-refractivity contribution in [1.82, 2.24) is 0 Å². The Bertz CT molecular complexity index is 1250. The van der Waals surface area contributed by atoms with Gasteiger partial charge in [-0.3, -0.25) is 9.79 Å². The van der Waals surface area contributed by atoms with E-state index in [2.05, 4.69) is 4.99 Å². The highest BCUT2D eigenvalue weighted by Gasteiger charge is 2.45. The number of ether oxygens (including phenoxy) is 1. The number of amidine groups is 1. The van der Waals surface area contributed by atoms with Gasteiger partial charge in [0.05, 0.1) is 19.5 Å². The maximum atomic E-state index is 12.9. The molecule has 0 fully saturated rings. The lowest BCUT2D eigenvalue weighted by Gasteiger charge is -2.27. The van der Waals surface area contributed by atoms with Crippen molar-refractivity contribution in [2.75, 3.05) is 7.11 Å². The summed E-state index contributed by atoms with van der Waals surface area (Å²) in [7, 11) is 1.58. The van der Waals surface area contributed by atoms with E-state index < -0.39 is 0 Å². The molecule has 146 valence electrons. The number of allylic oxidation sites excluding steroid dienone is 4. The molecule has 2 aliphatic heterocycles. The van der Waals surface area contributed by atoms with Gasteiger partial charge >= 0.3 is 0 Å². The van der Waals surface area contributed by atoms with Gasteiger partial charge in [-0.1, -0.05) is 48.6 Å². The summed E-state index contributed by atoms with van der Waals surface area (Å²) in [6.07, 6.45) is 11.1. The molecule has 6 nitrogen and oxygen atoms in total. The predicted octanol–water partition coefficient (Wildman–Crippen LogP) is 3.64. The normalized spacial score (nSPS) is 21.1. The van der Waals surface area contributed by atoms with Crippen LogP contribution in [0.4, 0.5) is 0 Å². The number of quaternary nitrogens is 1. The van der Waals surface area contributed by atoms with Crippen molar-refractivity contribution in [3.63, 3.8) is 0 Å². The average Bonchev–Trinajstić information content (AvgIpc) is 3.04. The Morgan fingerprint density at radius 3 is 2.60 bits per heavy atom. The van der Waals surface area contributed by atoms with Crippen molar-refractivity contribution in [2.45, 2.75) is 0 Å². The van der Waals surface area contributed by atoms with Crippen LogP contribution in [-0.2, 0) is 0 Å². The highest BCUT2D eigenvalue weighted by molar-refractivity contribution is 6.10. The van der Waals surface area contributed by atoms with Crippen LogP contribution in [0.25, 0.3) is 0 Å². The van der Waals surface area contributed by atoms with E-state index in [1.54, 1.807) is 50.0 Å². The molecule has 2 aromatic carbocycles. The lowest BCUT2D eigenvalue weighted by atomic mass is 10.0. The molecule has 0 saturated heterocycles. The second-order valence-electron chi connectivity index (χ2n) is 7.11. The van der Waals surface area contributed by atoms with E-state index in [-0.39, 0.29) is 10.4 Å². The van der Waals surface area contributed by atoms with Crippen LogP contribution in [0.2, 0.25) is 0 Å². The number of carbonyl (C=O) groups excluding carboxylic acids is 1. The molecule has 3 aliphatic rings. The summed E-state index contributed by atoms with van der Waals surface area (Å²) in [5.74, 6) is 7.83. The van der Waals surface area contributed by atoms with Crippen LogP contribution in [0, 0.1) is 0 Å². The monoisotopic (exact) mass is 395 g/mol. The predicted molar refractivity (Wildman–Crippen MR) is 116 cm³/mol. The Labute approximate surface area is 173 Å². The Morgan fingerprint density at radius 2 is 1.90 bits per heavy atom. The Hall–Kier alpha value is -3.87. The third kappa shape index (κ3) is 2.70. The van der Waals surface area contributed by atoms with E-state index in [1.807, 2.05) is 42.5 Å². The van der Waals surface area contributed by atoms with Crippen LogP contribution >= 0.6 is 0 Å². The van der Waals surface area contributed by atoms with Gasteiger partial charge in [-0.15, -0.1) is 4.59 Å². The summed E-state index contributed by atoms with van der Waals surface area (Å²) in [6, 6.07) is 14.5. The standard InChI is InChI=1S/C24H19N4O2/c1-30-21-14-18(23(29)17-6-3-2-4-7-17)10-11-19(21)24-27-22(16-8-5-9-16)20-15-26-12-13-28(20,24)25/h2-15H,25H2,1H3/q+1. The number of aliphatic imine (C=N–C) groups is 2. The highest BCUT2D eigenvalue weighted by Crippen LogP contribution is 2.38. The van der Waals surface area contributed by atoms with Crippen LogP contribution in [0.15, 0.2) is 106 Å². The molecule has 1 atom stereocenters. The van der Waals surface area contributed by atoms with Gasteiger partial charge in [-0.05, 0) is 18.2 Å². The van der Waals surface area contributed by atoms with E-state index in [0.29, 0.717) is 22.7 Å². The molecule has 2 N–H and O–H groups in total. The topological polar surface area (TPSA) is 77.0 Å². The van der Waals surface area contributed by atoms with Crippen molar-refractivity contribution in [3.05, 3.63) is 113 Å². The molecule has 1 unspecified atom stereocenters. The van der Waals surface area contributed by atoms with Crippen molar-refractivity contribution >= 4 is 17.8 Å². The van der Waals surface area contributed by atoms with Crippen molar-refractivity contribution in [1.29, 1.82) is 0 Å². The molecule has 0 saturated carbocycles. The van der Waals surface area contributed by atoms with E-state index in [4.69, 9.17) is 15.6 Å². The third-order valence-electron chi connectivity index (χ3n) is 5.36. The first-order chi connectivity index (χ1) is 14.6. The van der Waals surface area contributed by atoms with Crippen LogP contribution in [0.1, 0.15) is 21.5 Å². The first-order valence-electron chi connectivity index (χ1n) is 9.51. The second-order valence-corrected chi connectivity index (χ2v) is 7.11. The van der Waals surface area contributed by atoms with Gasteiger partial charge < -0.3 is 4.74 Å². The van der Waals surface area contributed by atoms with E-state index in [0.717, 1.165) is 22.5 Å². The fourth-order valence-electron chi connectivity index (χ4n) is 3.70. The zero-order valence-electron chi connectivity index (χ0n) is 16.3. The molecule has 2 aromatic rings. The minimum Gasteiger partial charge on any atom is -0.496 e. The average molecular weight is 395 g/mol. The number of carbonyl (C=O) groups is 1. The van der Waals surface area contributed by atoms with Gasteiger partial charge in [0.1, 0.15) is 23.2 Å². The molecule has 2 heterocycles. The Kier molecular flexibility index (Phi) is 4.17. The van der Waals surface area contributed by atoms with Crippen LogP contribution in [0.5, 0.6) is 5.75 Å². The molecule has 30 heavy (non-hydrogen) atoms. The lowest BCUT2D eigenvalue weighted by molar-refractivity contribution is -0.750. The Morgan fingerprint density at radius 1 is 1.10 bits per heavy atom. The quantitative estimate of drug-likeness (QED) is 0.477. The number of nitrogens with two attached hydrogens (primary N) is 1. The van der Waals surface area contributed by atoms with Crippen molar-refractivity contribution in [2.24, 2.45) is 15.8 Å². The van der Waals surface area contributed by atoms with Crippen LogP contribution in [0.3, 0.4) is 0 Å². The maximum Gasteiger partial charge on any atom is 0.269 e. The zero-order valence-corrected chi connectivity index (χ0v) is 16.3. The fraction of sp³-hybridized carbons (Fsp3) is 0.0417. The summed E-state index contributed by atoms with van der Waals surface area (Å²) >= 11 is 0. The number of rotatable bonds is 5. The summed E-state index contributed by atoms with van der Waals surface area (Å²) in [4.78, 5) is 22.0. The second kappa shape index (κ2) is 6.88. The SMILES string of the molecule is COc1cc(C(=O)c2ccccc2)ccc1C1=NC(C2=CC=C2)=C2C=NC=C[N+]12N. The molecule has 0 amide bonds. The van der Waals surface area contributed by atoms with Gasteiger partial charge in [0.25, 0.3) is 5.84 Å². The molecular formula is C24H19N4O2+. The van der Waals surface area contributed by atoms with E-state index >= 15 is 0 Å². The first kappa shape index (κ1) is 18.2. The smallest absolute Gasteiger partial charge is 0.269 e. The fourth-order valence-corrected chi connectivity index (χ4v) is 3.70. The minimum atomic E-state index is -0.105. The minimum absolute atomic E-state index is 0.0697. The molecule has 0 aromatic heterocycles. The zero-order chi connectivity index (χ0) is 20.7. The molecular weight excluding hydrogens is 376 g/mol. The maximum absolute atomic E-state index is 12.9. The van der Waals surface area contributed by atoms with Gasteiger partial charge in [-0.25, -0.2) is 0 Å². The molecule has 5 rings (SSSR count). The van der Waals surface area contributed by atoms with E-state index in [9.17, 15) is 4.79 Å². The van der Waals surface area contributed by atoms with Gasteiger partial charge in [-0.2, -0.15) is 10.8 Å². The summed E-state index contributed by atoms with van der Waals surface area (Å²) < 4.78 is 5.54. The Balaban J connectivity index is 1.58. The number of ketones is 1. The molecule has 0 bridgehead atoms. The summed E-state index contributed by atoms with van der Waals surface area (Å²) in [6.45, 7) is 0. The van der Waals surface area contributed by atoms with Crippen molar-refractivity contribution < 1.29 is 14.1 Å². The molecule has 1 aliphatic carbocycles. The van der Waals surface area contributed by atoms with E-state index in [1.165, 1.54) is 0 Å². The lowest BCUT2D eigenvalue weighted by Crippen LogP contribution is -2.53. The van der Waals surface area contributed by atoms with Crippen LogP contribution in [-0.4, -0.2) is 29.5 Å². The van der Waals surface area contributed by atoms with Gasteiger partial charge in [0, 0.05) is 16.7 Å². The van der Waals surface area contributed by atoms with Gasteiger partial charge in [0.15, 0.2) is 5.78 Å². The molecule has 6 heteroatoms. The highest BCUT2D eigenvalue weighted by atomic mass is 16.5. The molecule has 0 radical (unpaired) electrons. The number of fused-ring (bicyclic) bond motifs is 1. The summed E-state index contributed by atoms with van der Waals surface area (Å²) in [5.41, 5.74) is 4.46. The molecule has 0 spiro atoms. The largest absolute Gasteiger partial charge is 0.496 e. The van der Waals surface area contributed by atoms with Gasteiger partial charge in [0.2, 0.25) is 5.70 Å². The third-order valence-corrected chi connectivity index (χ3v) is 5.36. The number of benzene rings is 2. The number of nitrogens with zero attached hydrogens (tertiary/aromatic N) is 3.